The molecule has 4 rings (SSSR count). The van der Waals surface area contributed by atoms with Crippen molar-refractivity contribution in [3.63, 3.8) is 0 Å². The van der Waals surface area contributed by atoms with Crippen LogP contribution in [0.4, 0.5) is 0 Å². The highest BCUT2D eigenvalue weighted by Gasteiger charge is 2.43. The summed E-state index contributed by atoms with van der Waals surface area (Å²) in [6, 6.07) is 16.2. The van der Waals surface area contributed by atoms with E-state index < -0.39 is 17.8 Å². The van der Waals surface area contributed by atoms with Crippen molar-refractivity contribution in [1.82, 2.24) is 5.32 Å². The van der Waals surface area contributed by atoms with Gasteiger partial charge in [0.25, 0.3) is 0 Å². The molecule has 0 aromatic heterocycles. The van der Waals surface area contributed by atoms with E-state index >= 15 is 0 Å². The number of benzene rings is 2. The number of ketones is 1. The molecule has 2 unspecified atom stereocenters. The van der Waals surface area contributed by atoms with Crippen molar-refractivity contribution in [3.8, 4) is 5.75 Å². The SMILES string of the molecule is CC1=C(C(=O)OCc2ccccc2)C(c2cccc(O)c2)C2C(=O)CCC=C2N1. The Kier molecular flexibility index (Phi) is 5.21. The van der Waals surface area contributed by atoms with Gasteiger partial charge in [0.05, 0.1) is 11.5 Å². The third-order valence-electron chi connectivity index (χ3n) is 5.48. The maximum Gasteiger partial charge on any atom is 0.336 e. The number of phenols is 1. The summed E-state index contributed by atoms with van der Waals surface area (Å²) in [4.78, 5) is 26.0. The predicted molar refractivity (Wildman–Crippen MR) is 109 cm³/mol. The van der Waals surface area contributed by atoms with Gasteiger partial charge in [-0.15, -0.1) is 0 Å². The van der Waals surface area contributed by atoms with Crippen LogP contribution in [0, 0.1) is 5.92 Å². The minimum atomic E-state index is -0.495. The second-order valence-corrected chi connectivity index (χ2v) is 7.44. The van der Waals surface area contributed by atoms with Crippen LogP contribution >= 0.6 is 0 Å². The molecule has 0 fully saturated rings. The summed E-state index contributed by atoms with van der Waals surface area (Å²) < 4.78 is 5.60. The average molecular weight is 389 g/mol. The highest BCUT2D eigenvalue weighted by atomic mass is 16.5. The Hall–Kier alpha value is -3.34. The number of nitrogens with one attached hydrogen (secondary N) is 1. The molecular formula is C24H23NO4. The zero-order valence-electron chi connectivity index (χ0n) is 16.2. The fraction of sp³-hybridized carbons (Fsp3) is 0.250. The standard InChI is InChI=1S/C24H23NO4/c1-15-21(24(28)29-14-16-7-3-2-4-8-16)22(17-9-5-10-18(26)13-17)23-19(25-15)11-6-12-20(23)27/h2-5,7-11,13,22-23,25-26H,6,12,14H2,1H3. The van der Waals surface area contributed by atoms with Crippen LogP contribution in [-0.2, 0) is 20.9 Å². The van der Waals surface area contributed by atoms with Crippen LogP contribution < -0.4 is 5.32 Å². The van der Waals surface area contributed by atoms with Gasteiger partial charge in [0.1, 0.15) is 18.1 Å². The molecule has 2 N–H and O–H groups in total. The van der Waals surface area contributed by atoms with Crippen molar-refractivity contribution >= 4 is 11.8 Å². The number of aromatic hydroxyl groups is 1. The van der Waals surface area contributed by atoms with Crippen molar-refractivity contribution in [1.29, 1.82) is 0 Å². The first-order valence-electron chi connectivity index (χ1n) is 9.75. The summed E-state index contributed by atoms with van der Waals surface area (Å²) in [6.45, 7) is 1.98. The predicted octanol–water partition coefficient (Wildman–Crippen LogP) is 3.96. The average Bonchev–Trinajstić information content (AvgIpc) is 2.72. The zero-order valence-corrected chi connectivity index (χ0v) is 16.2. The van der Waals surface area contributed by atoms with E-state index in [0.717, 1.165) is 16.8 Å². The number of Topliss-reactive ketones (excluding diaryl/α,β-unsaturated/α-hetero) is 1. The van der Waals surface area contributed by atoms with Gasteiger partial charge < -0.3 is 15.2 Å². The van der Waals surface area contributed by atoms with E-state index in [9.17, 15) is 14.7 Å². The molecule has 2 aromatic rings. The quantitative estimate of drug-likeness (QED) is 0.774. The molecular weight excluding hydrogens is 366 g/mol. The maximum atomic E-state index is 13.1. The van der Waals surface area contributed by atoms with Gasteiger partial charge in [0.15, 0.2) is 0 Å². The van der Waals surface area contributed by atoms with Crippen molar-refractivity contribution in [2.45, 2.75) is 32.3 Å². The van der Waals surface area contributed by atoms with E-state index in [4.69, 9.17) is 4.74 Å². The molecule has 0 spiro atoms. The van der Waals surface area contributed by atoms with Gasteiger partial charge in [-0.2, -0.15) is 0 Å². The van der Waals surface area contributed by atoms with Crippen LogP contribution in [0.25, 0.3) is 0 Å². The molecule has 5 heteroatoms. The molecule has 5 nitrogen and oxygen atoms in total. The highest BCUT2D eigenvalue weighted by molar-refractivity contribution is 5.96. The summed E-state index contributed by atoms with van der Waals surface area (Å²) in [5.74, 6) is -1.24. The second-order valence-electron chi connectivity index (χ2n) is 7.44. The lowest BCUT2D eigenvalue weighted by molar-refractivity contribution is -0.141. The minimum Gasteiger partial charge on any atom is -0.508 e. The summed E-state index contributed by atoms with van der Waals surface area (Å²) in [7, 11) is 0. The molecule has 2 aliphatic rings. The second kappa shape index (κ2) is 7.95. The normalized spacial score (nSPS) is 21.1. The molecule has 148 valence electrons. The van der Waals surface area contributed by atoms with E-state index in [-0.39, 0.29) is 18.1 Å². The third-order valence-corrected chi connectivity index (χ3v) is 5.48. The van der Waals surface area contributed by atoms with Gasteiger partial charge in [-0.1, -0.05) is 48.5 Å². The number of carbonyl (C=O) groups is 2. The number of fused-ring (bicyclic) bond motifs is 1. The van der Waals surface area contributed by atoms with Gasteiger partial charge in [0, 0.05) is 23.7 Å². The number of hydrogen-bond donors (Lipinski definition) is 2. The molecule has 0 saturated carbocycles. The summed E-state index contributed by atoms with van der Waals surface area (Å²) in [5.41, 5.74) is 3.55. The van der Waals surface area contributed by atoms with Crippen LogP contribution in [0.5, 0.6) is 5.75 Å². The van der Waals surface area contributed by atoms with Gasteiger partial charge in [0.2, 0.25) is 0 Å². The number of allylic oxidation sites excluding steroid dienone is 3. The van der Waals surface area contributed by atoms with Gasteiger partial charge in [-0.05, 0) is 36.6 Å². The van der Waals surface area contributed by atoms with Crippen LogP contribution in [0.3, 0.4) is 0 Å². The molecule has 2 aromatic carbocycles. The van der Waals surface area contributed by atoms with E-state index in [2.05, 4.69) is 5.32 Å². The number of rotatable bonds is 4. The molecule has 29 heavy (non-hydrogen) atoms. The zero-order chi connectivity index (χ0) is 20.4. The first-order valence-corrected chi connectivity index (χ1v) is 9.75. The topological polar surface area (TPSA) is 75.6 Å². The monoisotopic (exact) mass is 389 g/mol. The lowest BCUT2D eigenvalue weighted by Gasteiger charge is -2.38. The Morgan fingerprint density at radius 1 is 1.14 bits per heavy atom. The maximum absolute atomic E-state index is 13.1. The number of ether oxygens (including phenoxy) is 1. The van der Waals surface area contributed by atoms with Gasteiger partial charge >= 0.3 is 5.97 Å². The molecule has 0 amide bonds. The first kappa shape index (κ1) is 19.0. The molecule has 1 heterocycles. The fourth-order valence-electron chi connectivity index (χ4n) is 4.16. The Morgan fingerprint density at radius 3 is 2.69 bits per heavy atom. The number of esters is 1. The highest BCUT2D eigenvalue weighted by Crippen LogP contribution is 2.44. The number of hydrogen-bond acceptors (Lipinski definition) is 5. The Balaban J connectivity index is 1.72. The van der Waals surface area contributed by atoms with Crippen molar-refractivity contribution in [3.05, 3.63) is 88.8 Å². The molecule has 1 aliphatic heterocycles. The Labute approximate surface area is 169 Å². The van der Waals surface area contributed by atoms with Crippen molar-refractivity contribution in [2.75, 3.05) is 0 Å². The summed E-state index contributed by atoms with van der Waals surface area (Å²) in [6.07, 6.45) is 3.15. The van der Waals surface area contributed by atoms with Gasteiger partial charge in [-0.3, -0.25) is 4.79 Å². The van der Waals surface area contributed by atoms with Gasteiger partial charge in [-0.25, -0.2) is 4.79 Å². The summed E-state index contributed by atoms with van der Waals surface area (Å²) >= 11 is 0. The number of phenolic OH excluding ortho intramolecular Hbond substituents is 1. The van der Waals surface area contributed by atoms with Crippen molar-refractivity contribution < 1.29 is 19.4 Å². The Bertz CT molecular complexity index is 1010. The smallest absolute Gasteiger partial charge is 0.336 e. The fourth-order valence-corrected chi connectivity index (χ4v) is 4.16. The van der Waals surface area contributed by atoms with E-state index in [1.807, 2.05) is 49.4 Å². The van der Waals surface area contributed by atoms with Crippen LogP contribution in [-0.4, -0.2) is 16.9 Å². The summed E-state index contributed by atoms with van der Waals surface area (Å²) in [5, 5.41) is 13.2. The number of carbonyl (C=O) groups excluding carboxylic acids is 2. The molecule has 0 radical (unpaired) electrons. The van der Waals surface area contributed by atoms with E-state index in [0.29, 0.717) is 24.1 Å². The first-order chi connectivity index (χ1) is 14.0. The molecule has 0 bridgehead atoms. The van der Waals surface area contributed by atoms with Crippen LogP contribution in [0.2, 0.25) is 0 Å². The van der Waals surface area contributed by atoms with Crippen molar-refractivity contribution in [2.24, 2.45) is 5.92 Å². The molecule has 2 atom stereocenters. The Morgan fingerprint density at radius 2 is 1.93 bits per heavy atom. The minimum absolute atomic E-state index is 0.0872. The lowest BCUT2D eigenvalue weighted by atomic mass is 9.71. The van der Waals surface area contributed by atoms with E-state index in [1.165, 1.54) is 0 Å². The third kappa shape index (κ3) is 3.81. The molecule has 1 aliphatic carbocycles. The molecule has 0 saturated heterocycles. The largest absolute Gasteiger partial charge is 0.508 e. The van der Waals surface area contributed by atoms with Crippen LogP contribution in [0.1, 0.15) is 36.8 Å². The van der Waals surface area contributed by atoms with E-state index in [1.54, 1.807) is 18.2 Å². The van der Waals surface area contributed by atoms with Crippen LogP contribution in [0.15, 0.2) is 77.6 Å². The lowest BCUT2D eigenvalue weighted by Crippen LogP contribution is -2.40.